The summed E-state index contributed by atoms with van der Waals surface area (Å²) in [7, 11) is 1.39. The monoisotopic (exact) mass is 640 g/mol. The lowest BCUT2D eigenvalue weighted by molar-refractivity contribution is -0.143. The number of amides is 2. The summed E-state index contributed by atoms with van der Waals surface area (Å²) < 4.78 is 95.9. The Hall–Kier alpha value is -3.11. The molecule has 4 nitrogen and oxygen atoms in total. The highest BCUT2D eigenvalue weighted by Gasteiger charge is 2.46. The van der Waals surface area contributed by atoms with E-state index in [1.165, 1.54) is 30.5 Å². The molecule has 45 heavy (non-hydrogen) atoms. The molecule has 1 saturated carbocycles. The van der Waals surface area contributed by atoms with E-state index in [0.717, 1.165) is 43.3 Å². The number of carbonyl (C=O) groups is 2. The highest BCUT2D eigenvalue weighted by molar-refractivity contribution is 5.93. The van der Waals surface area contributed by atoms with Crippen molar-refractivity contribution in [2.24, 2.45) is 17.8 Å². The van der Waals surface area contributed by atoms with E-state index in [9.17, 15) is 40.3 Å². The minimum absolute atomic E-state index is 0.0326. The minimum Gasteiger partial charge on any atom is -0.321 e. The molecule has 1 saturated heterocycles. The summed E-state index contributed by atoms with van der Waals surface area (Å²) >= 11 is 0. The van der Waals surface area contributed by atoms with Gasteiger partial charge in [-0.25, -0.2) is 9.18 Å². The van der Waals surface area contributed by atoms with Gasteiger partial charge in [-0.3, -0.25) is 4.79 Å². The lowest BCUT2D eigenvalue weighted by Gasteiger charge is -2.48. The van der Waals surface area contributed by atoms with E-state index in [1.807, 2.05) is 6.92 Å². The molecule has 2 amide bonds. The Morgan fingerprint density at radius 1 is 1.00 bits per heavy atom. The topological polar surface area (TPSA) is 40.6 Å². The largest absolute Gasteiger partial charge is 0.416 e. The predicted octanol–water partition coefficient (Wildman–Crippen LogP) is 9.24. The van der Waals surface area contributed by atoms with Gasteiger partial charge in [-0.15, -0.1) is 0 Å². The van der Waals surface area contributed by atoms with Crippen LogP contribution in [0.15, 0.2) is 53.1 Å². The molecular formula is C34H39F7N2O2. The van der Waals surface area contributed by atoms with Gasteiger partial charge >= 0.3 is 18.4 Å². The van der Waals surface area contributed by atoms with Crippen molar-refractivity contribution < 1.29 is 40.3 Å². The number of fused-ring (bicyclic) bond motifs is 1. The van der Waals surface area contributed by atoms with Gasteiger partial charge in [0.2, 0.25) is 0 Å². The van der Waals surface area contributed by atoms with E-state index in [4.69, 9.17) is 0 Å². The second-order valence-electron chi connectivity index (χ2n) is 13.1. The van der Waals surface area contributed by atoms with Crippen LogP contribution in [0.3, 0.4) is 0 Å². The molecule has 4 aliphatic rings. The number of hydrogen-bond acceptors (Lipinski definition) is 2. The number of likely N-dealkylation sites (tertiary alicyclic amines) is 1. The van der Waals surface area contributed by atoms with Crippen LogP contribution in [0.4, 0.5) is 35.5 Å². The third-order valence-electron chi connectivity index (χ3n) is 10.3. The van der Waals surface area contributed by atoms with E-state index in [-0.39, 0.29) is 41.6 Å². The molecule has 0 N–H and O–H groups in total. The van der Waals surface area contributed by atoms with Crippen molar-refractivity contribution in [3.63, 3.8) is 0 Å². The van der Waals surface area contributed by atoms with Gasteiger partial charge in [0.25, 0.3) is 0 Å². The van der Waals surface area contributed by atoms with E-state index in [0.29, 0.717) is 31.5 Å². The molecule has 0 spiro atoms. The van der Waals surface area contributed by atoms with Crippen LogP contribution in [0.5, 0.6) is 0 Å². The summed E-state index contributed by atoms with van der Waals surface area (Å²) in [4.78, 5) is 29.1. The highest BCUT2D eigenvalue weighted by atomic mass is 19.4. The third kappa shape index (κ3) is 7.02. The van der Waals surface area contributed by atoms with Gasteiger partial charge in [-0.2, -0.15) is 26.3 Å². The first-order valence-corrected chi connectivity index (χ1v) is 15.6. The summed E-state index contributed by atoms with van der Waals surface area (Å²) in [6.45, 7) is 3.60. The first-order chi connectivity index (χ1) is 21.0. The van der Waals surface area contributed by atoms with Gasteiger partial charge in [0.1, 0.15) is 6.17 Å². The Morgan fingerprint density at radius 2 is 1.67 bits per heavy atom. The predicted molar refractivity (Wildman–Crippen MR) is 156 cm³/mol. The van der Waals surface area contributed by atoms with Gasteiger partial charge in [-0.05, 0) is 99.1 Å². The zero-order valence-corrected chi connectivity index (χ0v) is 25.6. The standard InChI is InChI=1S/C34H39F7N2O2/c1-19-13-27(35)8-10-29(19)31-30-6-4-5-21(22-7-9-28(44)17-22)14-23(30)11-12-43(31)32(45)42(3)20(2)24-15-25(33(36,37)38)18-26(16-24)34(39,40)41/h8,10,15-18,20-21,23,27,30-31H,4-7,9,11-14H2,1-3H3/t20?,21?,23?,27?,30-,31?/m1/s1. The third-order valence-corrected chi connectivity index (χ3v) is 10.3. The maximum absolute atomic E-state index is 14.3. The average molecular weight is 641 g/mol. The number of allylic oxidation sites excluding steroid dienone is 4. The normalized spacial score (nSPS) is 28.5. The molecule has 0 radical (unpaired) electrons. The minimum atomic E-state index is -5.00. The number of hydrogen-bond donors (Lipinski definition) is 0. The zero-order valence-electron chi connectivity index (χ0n) is 25.6. The highest BCUT2D eigenvalue weighted by Crippen LogP contribution is 2.47. The Kier molecular flexibility index (Phi) is 9.30. The molecular weight excluding hydrogens is 601 g/mol. The van der Waals surface area contributed by atoms with Gasteiger partial charge in [0.15, 0.2) is 5.78 Å². The molecule has 1 aromatic carbocycles. The quantitative estimate of drug-likeness (QED) is 0.308. The first kappa shape index (κ1) is 33.3. The smallest absolute Gasteiger partial charge is 0.321 e. The number of alkyl halides is 7. The van der Waals surface area contributed by atoms with Crippen molar-refractivity contribution in [3.05, 3.63) is 69.8 Å². The molecule has 5 rings (SSSR count). The first-order valence-electron chi connectivity index (χ1n) is 15.6. The van der Waals surface area contributed by atoms with Crippen molar-refractivity contribution >= 4 is 11.8 Å². The summed E-state index contributed by atoms with van der Waals surface area (Å²) in [5.41, 5.74) is -0.276. The molecule has 5 unspecified atom stereocenters. The molecule has 0 aromatic heterocycles. The molecule has 1 aliphatic heterocycles. The van der Waals surface area contributed by atoms with Crippen LogP contribution < -0.4 is 0 Å². The fourth-order valence-electron chi connectivity index (χ4n) is 7.80. The Bertz CT molecular complexity index is 1380. The van der Waals surface area contributed by atoms with Crippen LogP contribution >= 0.6 is 0 Å². The van der Waals surface area contributed by atoms with E-state index < -0.39 is 47.8 Å². The molecule has 1 heterocycles. The van der Waals surface area contributed by atoms with Crippen LogP contribution in [0.1, 0.15) is 87.9 Å². The number of rotatable bonds is 4. The van der Waals surface area contributed by atoms with Crippen LogP contribution in [0.2, 0.25) is 0 Å². The van der Waals surface area contributed by atoms with Gasteiger partial charge < -0.3 is 9.80 Å². The van der Waals surface area contributed by atoms with Crippen molar-refractivity contribution in [2.75, 3.05) is 13.6 Å². The molecule has 2 fully saturated rings. The van der Waals surface area contributed by atoms with Crippen molar-refractivity contribution in [1.82, 2.24) is 9.80 Å². The van der Waals surface area contributed by atoms with E-state index >= 15 is 0 Å². The number of benzene rings is 1. The van der Waals surface area contributed by atoms with Gasteiger partial charge in [-0.1, -0.05) is 29.7 Å². The van der Waals surface area contributed by atoms with Gasteiger partial charge in [0.05, 0.1) is 23.2 Å². The number of nitrogens with zero attached hydrogens (tertiary/aromatic N) is 2. The van der Waals surface area contributed by atoms with Gasteiger partial charge in [0, 0.05) is 26.4 Å². The second-order valence-corrected chi connectivity index (χ2v) is 13.1. The SMILES string of the molecule is CC1=C(C2[C@@H]3CCCC(C4=CC(=O)CC4)CC3CCN2C(=O)N(C)C(C)c2cc(C(F)(F)F)cc(C(F)(F)F)c2)C=CC(F)C1. The summed E-state index contributed by atoms with van der Waals surface area (Å²) in [6.07, 6.45) is -0.472. The molecule has 0 bridgehead atoms. The van der Waals surface area contributed by atoms with E-state index in [1.54, 1.807) is 17.1 Å². The molecule has 246 valence electrons. The number of ketones is 1. The molecule has 3 aliphatic carbocycles. The lowest BCUT2D eigenvalue weighted by atomic mass is 9.71. The van der Waals surface area contributed by atoms with Crippen molar-refractivity contribution in [1.29, 1.82) is 0 Å². The van der Waals surface area contributed by atoms with Crippen molar-refractivity contribution in [2.45, 2.75) is 95.8 Å². The van der Waals surface area contributed by atoms with Crippen LogP contribution in [0, 0.1) is 17.8 Å². The Balaban J connectivity index is 1.47. The summed E-state index contributed by atoms with van der Waals surface area (Å²) in [5, 5.41) is 0. The van der Waals surface area contributed by atoms with Crippen molar-refractivity contribution in [3.8, 4) is 0 Å². The number of piperidine rings is 1. The average Bonchev–Trinajstić information content (AvgIpc) is 3.28. The molecule has 6 atom stereocenters. The Labute approximate surface area is 259 Å². The number of halogens is 7. The molecule has 11 heteroatoms. The fourth-order valence-corrected chi connectivity index (χ4v) is 7.80. The summed E-state index contributed by atoms with van der Waals surface area (Å²) in [6, 6.07) is -0.605. The number of carbonyl (C=O) groups excluding carboxylic acids is 2. The summed E-state index contributed by atoms with van der Waals surface area (Å²) in [5.74, 6) is 0.706. The molecule has 1 aromatic rings. The zero-order chi connectivity index (χ0) is 32.8. The fraction of sp³-hybridized carbons (Fsp3) is 0.588. The van der Waals surface area contributed by atoms with Crippen LogP contribution in [-0.4, -0.2) is 47.4 Å². The van der Waals surface area contributed by atoms with Crippen LogP contribution in [-0.2, 0) is 17.1 Å². The lowest BCUT2D eigenvalue weighted by Crippen LogP contribution is -2.56. The maximum atomic E-state index is 14.3. The van der Waals surface area contributed by atoms with Crippen LogP contribution in [0.25, 0.3) is 0 Å². The second kappa shape index (κ2) is 12.6. The Morgan fingerprint density at radius 3 is 2.24 bits per heavy atom. The number of urea groups is 1. The van der Waals surface area contributed by atoms with E-state index in [2.05, 4.69) is 0 Å². The maximum Gasteiger partial charge on any atom is 0.416 e.